The number of aromatic nitrogens is 3. The molecule has 0 spiro atoms. The minimum absolute atomic E-state index is 0.108. The van der Waals surface area contributed by atoms with E-state index in [0.29, 0.717) is 12.1 Å². The summed E-state index contributed by atoms with van der Waals surface area (Å²) < 4.78 is 1.61. The maximum Gasteiger partial charge on any atom is 0.303 e. The number of benzene rings is 1. The molecule has 0 aliphatic rings. The molecule has 0 fully saturated rings. The van der Waals surface area contributed by atoms with E-state index >= 15 is 0 Å². The zero-order chi connectivity index (χ0) is 17.2. The number of hydrogen-bond acceptors (Lipinski definition) is 4. The van der Waals surface area contributed by atoms with Crippen molar-refractivity contribution in [3.05, 3.63) is 42.2 Å². The predicted molar refractivity (Wildman–Crippen MR) is 89.0 cm³/mol. The second-order valence-electron chi connectivity index (χ2n) is 5.57. The van der Waals surface area contributed by atoms with Crippen molar-refractivity contribution in [3.8, 4) is 5.69 Å². The molecule has 0 saturated carbocycles. The Kier molecular flexibility index (Phi) is 6.94. The number of carbonyl (C=O) groups is 2. The Labute approximate surface area is 140 Å². The first-order valence-corrected chi connectivity index (χ1v) is 8.13. The molecule has 1 aromatic heterocycles. The predicted octanol–water partition coefficient (Wildman–Crippen LogP) is 2.42. The number of rotatable bonds is 10. The van der Waals surface area contributed by atoms with E-state index < -0.39 is 5.97 Å². The lowest BCUT2D eigenvalue weighted by Gasteiger charge is -2.07. The molecule has 0 aliphatic heterocycles. The van der Waals surface area contributed by atoms with E-state index in [4.69, 9.17) is 5.11 Å². The van der Waals surface area contributed by atoms with Gasteiger partial charge >= 0.3 is 5.97 Å². The highest BCUT2D eigenvalue weighted by atomic mass is 16.4. The molecule has 1 heterocycles. The van der Waals surface area contributed by atoms with Crippen LogP contribution in [0.3, 0.4) is 0 Å². The fourth-order valence-corrected chi connectivity index (χ4v) is 2.37. The number of amides is 1. The van der Waals surface area contributed by atoms with E-state index in [1.54, 1.807) is 29.2 Å². The van der Waals surface area contributed by atoms with E-state index in [0.717, 1.165) is 37.8 Å². The highest BCUT2D eigenvalue weighted by Gasteiger charge is 2.06. The topological polar surface area (TPSA) is 97.1 Å². The number of unbranched alkanes of at least 4 members (excludes halogenated alkanes) is 4. The Balaban J connectivity index is 1.68. The van der Waals surface area contributed by atoms with Gasteiger partial charge < -0.3 is 10.4 Å². The maximum atomic E-state index is 12.2. The molecule has 0 atom stereocenters. The molecule has 0 radical (unpaired) electrons. The molecule has 2 aromatic rings. The third-order valence-corrected chi connectivity index (χ3v) is 3.65. The van der Waals surface area contributed by atoms with Gasteiger partial charge in [0.25, 0.3) is 5.91 Å². The number of carboxylic acid groups (broad SMARTS) is 1. The van der Waals surface area contributed by atoms with Crippen molar-refractivity contribution < 1.29 is 14.7 Å². The Morgan fingerprint density at radius 1 is 1.12 bits per heavy atom. The average molecular weight is 330 g/mol. The zero-order valence-corrected chi connectivity index (χ0v) is 13.5. The fraction of sp³-hybridized carbons (Fsp3) is 0.412. The lowest BCUT2D eigenvalue weighted by molar-refractivity contribution is -0.137. The Bertz CT molecular complexity index is 656. The van der Waals surface area contributed by atoms with E-state index in [1.807, 2.05) is 12.1 Å². The Morgan fingerprint density at radius 2 is 1.92 bits per heavy atom. The minimum atomic E-state index is -0.740. The van der Waals surface area contributed by atoms with Gasteiger partial charge in [-0.2, -0.15) is 0 Å². The minimum Gasteiger partial charge on any atom is -0.481 e. The van der Waals surface area contributed by atoms with Gasteiger partial charge in [0.1, 0.15) is 0 Å². The van der Waals surface area contributed by atoms with Gasteiger partial charge in [0.15, 0.2) is 0 Å². The number of carboxylic acids is 1. The van der Waals surface area contributed by atoms with Gasteiger partial charge in [-0.25, -0.2) is 4.68 Å². The van der Waals surface area contributed by atoms with Crippen LogP contribution in [0.5, 0.6) is 0 Å². The van der Waals surface area contributed by atoms with Gasteiger partial charge in [0.05, 0.1) is 18.1 Å². The molecular weight excluding hydrogens is 308 g/mol. The zero-order valence-electron chi connectivity index (χ0n) is 13.5. The van der Waals surface area contributed by atoms with Crippen LogP contribution in [-0.2, 0) is 4.79 Å². The summed E-state index contributed by atoms with van der Waals surface area (Å²) in [5.41, 5.74) is 1.38. The largest absolute Gasteiger partial charge is 0.481 e. The van der Waals surface area contributed by atoms with Crippen molar-refractivity contribution in [3.63, 3.8) is 0 Å². The quantitative estimate of drug-likeness (QED) is 0.652. The first-order chi connectivity index (χ1) is 11.7. The second-order valence-corrected chi connectivity index (χ2v) is 5.57. The molecule has 24 heavy (non-hydrogen) atoms. The van der Waals surface area contributed by atoms with Crippen molar-refractivity contribution in [2.24, 2.45) is 0 Å². The summed E-state index contributed by atoms with van der Waals surface area (Å²) in [5.74, 6) is -0.849. The normalized spacial score (nSPS) is 10.5. The molecule has 2 N–H and O–H groups in total. The van der Waals surface area contributed by atoms with Gasteiger partial charge in [-0.1, -0.05) is 30.5 Å². The summed E-state index contributed by atoms with van der Waals surface area (Å²) in [4.78, 5) is 22.5. The van der Waals surface area contributed by atoms with E-state index in [2.05, 4.69) is 15.6 Å². The van der Waals surface area contributed by atoms with Gasteiger partial charge in [-0.15, -0.1) is 5.10 Å². The molecule has 0 bridgehead atoms. The molecular formula is C17H22N4O3. The summed E-state index contributed by atoms with van der Waals surface area (Å²) in [6.07, 6.45) is 8.05. The maximum absolute atomic E-state index is 12.2. The van der Waals surface area contributed by atoms with Crippen LogP contribution in [0.15, 0.2) is 36.7 Å². The van der Waals surface area contributed by atoms with Crippen LogP contribution >= 0.6 is 0 Å². The monoisotopic (exact) mass is 330 g/mol. The van der Waals surface area contributed by atoms with Crippen molar-refractivity contribution in [2.45, 2.75) is 38.5 Å². The first-order valence-electron chi connectivity index (χ1n) is 8.13. The van der Waals surface area contributed by atoms with Crippen molar-refractivity contribution in [1.82, 2.24) is 20.3 Å². The fourth-order valence-electron chi connectivity index (χ4n) is 2.37. The molecule has 1 aromatic carbocycles. The van der Waals surface area contributed by atoms with Gasteiger partial charge in [-0.3, -0.25) is 9.59 Å². The smallest absolute Gasteiger partial charge is 0.303 e. The number of nitrogens with zero attached hydrogens (tertiary/aromatic N) is 3. The average Bonchev–Trinajstić information content (AvgIpc) is 3.11. The number of carbonyl (C=O) groups excluding carboxylic acids is 1. The van der Waals surface area contributed by atoms with E-state index in [1.165, 1.54) is 0 Å². The third-order valence-electron chi connectivity index (χ3n) is 3.65. The summed E-state index contributed by atoms with van der Waals surface area (Å²) in [7, 11) is 0. The first kappa shape index (κ1) is 17.7. The molecule has 7 nitrogen and oxygen atoms in total. The highest BCUT2D eigenvalue weighted by Crippen LogP contribution is 2.09. The van der Waals surface area contributed by atoms with Gasteiger partial charge in [0.2, 0.25) is 0 Å². The van der Waals surface area contributed by atoms with E-state index in [9.17, 15) is 9.59 Å². The van der Waals surface area contributed by atoms with Crippen LogP contribution in [-0.4, -0.2) is 38.5 Å². The molecule has 0 saturated heterocycles. The molecule has 0 unspecified atom stereocenters. The number of hydrogen-bond donors (Lipinski definition) is 2. The van der Waals surface area contributed by atoms with Gasteiger partial charge in [0, 0.05) is 18.5 Å². The number of nitrogens with one attached hydrogen (secondary N) is 1. The Hall–Kier alpha value is -2.70. The van der Waals surface area contributed by atoms with Crippen LogP contribution < -0.4 is 5.32 Å². The standard InChI is InChI=1S/C17H22N4O3/c22-16(23)9-4-2-1-3-5-10-18-17(24)14-7-6-8-15(13-14)21-12-11-19-20-21/h6-8,11-13H,1-5,9-10H2,(H,18,24)(H,22,23). The second kappa shape index (κ2) is 9.44. The molecule has 7 heteroatoms. The summed E-state index contributed by atoms with van der Waals surface area (Å²) in [5, 5.41) is 19.1. The summed E-state index contributed by atoms with van der Waals surface area (Å²) >= 11 is 0. The van der Waals surface area contributed by atoms with Crippen molar-refractivity contribution in [2.75, 3.05) is 6.54 Å². The molecule has 2 rings (SSSR count). The molecule has 1 amide bonds. The van der Waals surface area contributed by atoms with Crippen LogP contribution in [0.1, 0.15) is 48.9 Å². The van der Waals surface area contributed by atoms with Crippen LogP contribution in [0.2, 0.25) is 0 Å². The molecule has 128 valence electrons. The highest BCUT2D eigenvalue weighted by molar-refractivity contribution is 5.94. The third kappa shape index (κ3) is 5.83. The SMILES string of the molecule is O=C(O)CCCCCCCNC(=O)c1cccc(-n2ccnn2)c1. The van der Waals surface area contributed by atoms with Crippen LogP contribution in [0.4, 0.5) is 0 Å². The summed E-state index contributed by atoms with van der Waals surface area (Å²) in [6, 6.07) is 7.22. The molecule has 0 aliphatic carbocycles. The van der Waals surface area contributed by atoms with Crippen molar-refractivity contribution in [1.29, 1.82) is 0 Å². The van der Waals surface area contributed by atoms with Crippen molar-refractivity contribution >= 4 is 11.9 Å². The number of aliphatic carboxylic acids is 1. The summed E-state index contributed by atoms with van der Waals surface area (Å²) in [6.45, 7) is 0.616. The van der Waals surface area contributed by atoms with Crippen LogP contribution in [0, 0.1) is 0 Å². The van der Waals surface area contributed by atoms with Gasteiger partial charge in [-0.05, 0) is 31.0 Å². The van der Waals surface area contributed by atoms with E-state index in [-0.39, 0.29) is 12.3 Å². The lowest BCUT2D eigenvalue weighted by atomic mass is 10.1. The van der Waals surface area contributed by atoms with Crippen LogP contribution in [0.25, 0.3) is 5.69 Å². The Morgan fingerprint density at radius 3 is 2.67 bits per heavy atom. The lowest BCUT2D eigenvalue weighted by Crippen LogP contribution is -2.24.